The molecule has 5 N–H and O–H groups in total. The van der Waals surface area contributed by atoms with Crippen LogP contribution in [-0.2, 0) is 23.1 Å². The van der Waals surface area contributed by atoms with Gasteiger partial charge in [0.05, 0.1) is 23.8 Å². The van der Waals surface area contributed by atoms with Crippen molar-refractivity contribution in [1.29, 1.82) is 5.26 Å². The van der Waals surface area contributed by atoms with Crippen molar-refractivity contribution in [3.05, 3.63) is 58.1 Å². The number of aliphatic hydroxyl groups is 2. The molecule has 0 aromatic heterocycles. The van der Waals surface area contributed by atoms with Crippen LogP contribution in [0.5, 0.6) is 0 Å². The van der Waals surface area contributed by atoms with Gasteiger partial charge in [-0.1, -0.05) is 33.8 Å². The maximum absolute atomic E-state index is 12.8. The summed E-state index contributed by atoms with van der Waals surface area (Å²) in [6.45, 7) is 11.0. The third-order valence-electron chi connectivity index (χ3n) is 5.13. The lowest BCUT2D eigenvalue weighted by Gasteiger charge is -2.22. The fourth-order valence-corrected chi connectivity index (χ4v) is 4.31. The minimum Gasteiger partial charge on any atom is -0.392 e. The number of carbonyl (C=O) groups is 1. The van der Waals surface area contributed by atoms with Gasteiger partial charge in [0, 0.05) is 21.5 Å². The van der Waals surface area contributed by atoms with Crippen LogP contribution in [0.15, 0.2) is 39.6 Å². The van der Waals surface area contributed by atoms with Crippen LogP contribution in [0.25, 0.3) is 0 Å². The van der Waals surface area contributed by atoms with E-state index in [4.69, 9.17) is 5.14 Å². The number of nitrogens with two attached hydrogens (primary N) is 1. The first kappa shape index (κ1) is 25.7. The van der Waals surface area contributed by atoms with Crippen molar-refractivity contribution in [3.63, 3.8) is 0 Å². The molecule has 0 heterocycles. The molecule has 0 spiro atoms. The Balaban J connectivity index is 2.43. The average Bonchev–Trinajstić information content (AvgIpc) is 2.71. The van der Waals surface area contributed by atoms with E-state index in [1.54, 1.807) is 44.2 Å². The second-order valence-corrected chi connectivity index (χ2v) is 10.1. The Hall–Kier alpha value is -2.57. The van der Waals surface area contributed by atoms with Gasteiger partial charge in [0.1, 0.15) is 0 Å². The number of benzene rings is 2. The molecule has 0 aliphatic carbocycles. The Morgan fingerprint density at radius 2 is 1.75 bits per heavy atom. The lowest BCUT2D eigenvalue weighted by Crippen LogP contribution is -2.19. The Morgan fingerprint density at radius 3 is 2.19 bits per heavy atom. The van der Waals surface area contributed by atoms with Gasteiger partial charge in [-0.2, -0.15) is 9.62 Å². The van der Waals surface area contributed by atoms with Crippen LogP contribution in [0.3, 0.4) is 0 Å². The number of hydrogen-bond acceptors (Lipinski definition) is 4. The molecule has 0 aliphatic rings. The number of urea groups is 1. The molecule has 2 amide bonds. The standard InChI is InChI=1S/C24H32N4O3S/c1-14(2)19-9-16(12-25)10-20(15(3)4)22(19)27-23(30)28-32(26)18-7-8-21(24(5,6)31)17(11-18)13-29/h7-11,14-15,29,31H,13H2,1-6H3,(H3,26,27,28,30). The summed E-state index contributed by atoms with van der Waals surface area (Å²) in [5, 5.41) is 38.4. The van der Waals surface area contributed by atoms with Crippen molar-refractivity contribution >= 4 is 22.6 Å². The van der Waals surface area contributed by atoms with E-state index < -0.39 is 22.5 Å². The predicted octanol–water partition coefficient (Wildman–Crippen LogP) is 4.79. The quantitative estimate of drug-likeness (QED) is 0.496. The van der Waals surface area contributed by atoms with Crippen LogP contribution in [0.2, 0.25) is 0 Å². The summed E-state index contributed by atoms with van der Waals surface area (Å²) in [6, 6.07) is 10.2. The third-order valence-corrected chi connectivity index (χ3v) is 6.23. The number of nitrogens with zero attached hydrogens (tertiary/aromatic N) is 2. The summed E-state index contributed by atoms with van der Waals surface area (Å²) in [6.07, 6.45) is 0. The van der Waals surface area contributed by atoms with Gasteiger partial charge in [0.25, 0.3) is 0 Å². The number of hydrogen-bond donors (Lipinski definition) is 4. The number of aliphatic hydroxyl groups excluding tert-OH is 1. The predicted molar refractivity (Wildman–Crippen MR) is 128 cm³/mol. The smallest absolute Gasteiger partial charge is 0.352 e. The van der Waals surface area contributed by atoms with E-state index >= 15 is 0 Å². The van der Waals surface area contributed by atoms with Gasteiger partial charge in [-0.25, -0.2) is 4.79 Å². The van der Waals surface area contributed by atoms with Crippen LogP contribution >= 0.6 is 0 Å². The second kappa shape index (κ2) is 10.4. The van der Waals surface area contributed by atoms with Crippen molar-refractivity contribution in [2.24, 2.45) is 9.50 Å². The highest BCUT2D eigenvalue weighted by Crippen LogP contribution is 2.34. The van der Waals surface area contributed by atoms with Crippen molar-refractivity contribution in [3.8, 4) is 6.07 Å². The summed E-state index contributed by atoms with van der Waals surface area (Å²) in [5.41, 5.74) is 2.95. The molecule has 1 unspecified atom stereocenters. The molecule has 0 bridgehead atoms. The van der Waals surface area contributed by atoms with Crippen molar-refractivity contribution < 1.29 is 15.0 Å². The fourth-order valence-electron chi connectivity index (χ4n) is 3.51. The highest BCUT2D eigenvalue weighted by atomic mass is 32.2. The van der Waals surface area contributed by atoms with E-state index in [9.17, 15) is 20.3 Å². The van der Waals surface area contributed by atoms with Crippen LogP contribution < -0.4 is 10.5 Å². The highest BCUT2D eigenvalue weighted by molar-refractivity contribution is 7.85. The zero-order valence-corrected chi connectivity index (χ0v) is 20.2. The lowest BCUT2D eigenvalue weighted by molar-refractivity contribution is 0.0759. The highest BCUT2D eigenvalue weighted by Gasteiger charge is 2.21. The number of carbonyl (C=O) groups excluding carboxylic acids is 1. The van der Waals surface area contributed by atoms with Gasteiger partial charge in [0.15, 0.2) is 0 Å². The van der Waals surface area contributed by atoms with E-state index in [0.29, 0.717) is 27.3 Å². The molecular weight excluding hydrogens is 424 g/mol. The van der Waals surface area contributed by atoms with Gasteiger partial charge >= 0.3 is 6.03 Å². The number of nitrogens with one attached hydrogen (secondary N) is 1. The monoisotopic (exact) mass is 456 g/mol. The first-order valence-electron chi connectivity index (χ1n) is 10.4. The molecule has 1 atom stereocenters. The zero-order chi connectivity index (χ0) is 24.2. The first-order valence-corrected chi connectivity index (χ1v) is 11.7. The SMILES string of the molecule is CC(C)c1cc(C#N)cc(C(C)C)c1NC(=O)/N=S(\N)c1ccc(C(C)(C)O)c(CO)c1. The van der Waals surface area contributed by atoms with Gasteiger partial charge in [-0.05, 0) is 72.2 Å². The van der Waals surface area contributed by atoms with Crippen LogP contribution in [-0.4, -0.2) is 16.2 Å². The van der Waals surface area contributed by atoms with E-state index in [0.717, 1.165) is 11.1 Å². The fraction of sp³-hybridized carbons (Fsp3) is 0.417. The van der Waals surface area contributed by atoms with Crippen molar-refractivity contribution in [2.75, 3.05) is 5.32 Å². The molecule has 8 heteroatoms. The maximum Gasteiger partial charge on any atom is 0.352 e. The summed E-state index contributed by atoms with van der Waals surface area (Å²) in [4.78, 5) is 13.4. The second-order valence-electron chi connectivity index (χ2n) is 8.82. The van der Waals surface area contributed by atoms with Crippen molar-refractivity contribution in [1.82, 2.24) is 0 Å². The van der Waals surface area contributed by atoms with Gasteiger partial charge in [0.2, 0.25) is 0 Å². The number of anilines is 1. The van der Waals surface area contributed by atoms with Crippen LogP contribution in [0, 0.1) is 11.3 Å². The Kier molecular flexibility index (Phi) is 8.32. The minimum absolute atomic E-state index is 0.0914. The third kappa shape index (κ3) is 6.02. The molecule has 2 rings (SSSR count). The molecule has 0 saturated carbocycles. The topological polar surface area (TPSA) is 132 Å². The molecule has 0 fully saturated rings. The molecule has 0 radical (unpaired) electrons. The van der Waals surface area contributed by atoms with Gasteiger partial charge < -0.3 is 15.5 Å². The molecule has 2 aromatic rings. The summed E-state index contributed by atoms with van der Waals surface area (Å²) < 4.78 is 4.10. The molecule has 32 heavy (non-hydrogen) atoms. The molecule has 0 saturated heterocycles. The van der Waals surface area contributed by atoms with Crippen LogP contribution in [0.4, 0.5) is 10.5 Å². The minimum atomic E-state index is -1.26. The molecule has 7 nitrogen and oxygen atoms in total. The first-order chi connectivity index (χ1) is 14.9. The average molecular weight is 457 g/mol. The van der Waals surface area contributed by atoms with E-state index in [1.165, 1.54) is 0 Å². The van der Waals surface area contributed by atoms with E-state index in [-0.39, 0.29) is 18.4 Å². The summed E-state index contributed by atoms with van der Waals surface area (Å²) >= 11 is 0. The van der Waals surface area contributed by atoms with Crippen molar-refractivity contribution in [2.45, 2.75) is 70.5 Å². The Labute approximate surface area is 192 Å². The lowest BCUT2D eigenvalue weighted by atomic mass is 9.90. The number of amides is 2. The molecule has 0 aliphatic heterocycles. The largest absolute Gasteiger partial charge is 0.392 e. The number of rotatable bonds is 6. The molecule has 172 valence electrons. The Bertz CT molecular complexity index is 1050. The normalized spacial score (nSPS) is 12.8. The van der Waals surface area contributed by atoms with E-state index in [2.05, 4.69) is 15.7 Å². The summed E-state index contributed by atoms with van der Waals surface area (Å²) in [7, 11) is -1.26. The van der Waals surface area contributed by atoms with Crippen LogP contribution in [0.1, 0.15) is 81.2 Å². The molecule has 2 aromatic carbocycles. The van der Waals surface area contributed by atoms with E-state index in [1.807, 2.05) is 27.7 Å². The number of nitriles is 1. The maximum atomic E-state index is 12.8. The van der Waals surface area contributed by atoms with Gasteiger partial charge in [-0.3, -0.25) is 5.14 Å². The zero-order valence-electron chi connectivity index (χ0n) is 19.4. The summed E-state index contributed by atoms with van der Waals surface area (Å²) in [5.74, 6) is 0.183. The molecular formula is C24H32N4O3S. The van der Waals surface area contributed by atoms with Gasteiger partial charge in [-0.15, -0.1) is 0 Å². The Morgan fingerprint density at radius 1 is 1.19 bits per heavy atom.